The van der Waals surface area contributed by atoms with Crippen LogP contribution in [0.15, 0.2) is 60.8 Å². The second kappa shape index (κ2) is 6.58. The van der Waals surface area contributed by atoms with E-state index in [0.29, 0.717) is 22.2 Å². The van der Waals surface area contributed by atoms with E-state index in [-0.39, 0.29) is 5.91 Å². The van der Waals surface area contributed by atoms with Crippen molar-refractivity contribution in [3.05, 3.63) is 77.1 Å². The fraction of sp³-hybridized carbons (Fsp3) is 0.0556. The summed E-state index contributed by atoms with van der Waals surface area (Å²) in [5.41, 5.74) is 2.94. The molecule has 0 aliphatic carbocycles. The Morgan fingerprint density at radius 1 is 1.09 bits per heavy atom. The topological polar surface area (TPSA) is 54.9 Å². The van der Waals surface area contributed by atoms with Crippen LogP contribution in [-0.2, 0) is 0 Å². The van der Waals surface area contributed by atoms with E-state index in [4.69, 9.17) is 11.6 Å². The zero-order valence-corrected chi connectivity index (χ0v) is 13.2. The molecule has 0 aliphatic heterocycles. The van der Waals surface area contributed by atoms with Gasteiger partial charge in [0.1, 0.15) is 11.5 Å². The number of hydrogen-bond donors (Lipinski definition) is 1. The summed E-state index contributed by atoms with van der Waals surface area (Å²) in [4.78, 5) is 20.8. The lowest BCUT2D eigenvalue weighted by Crippen LogP contribution is -2.14. The highest BCUT2D eigenvalue weighted by molar-refractivity contribution is 6.30. The van der Waals surface area contributed by atoms with Crippen molar-refractivity contribution in [3.8, 4) is 11.3 Å². The lowest BCUT2D eigenvalue weighted by molar-refractivity contribution is 0.102. The van der Waals surface area contributed by atoms with Crippen molar-refractivity contribution in [2.24, 2.45) is 0 Å². The number of nitrogens with one attached hydrogen (secondary N) is 1. The highest BCUT2D eigenvalue weighted by Crippen LogP contribution is 2.23. The van der Waals surface area contributed by atoms with Crippen LogP contribution in [-0.4, -0.2) is 15.9 Å². The summed E-state index contributed by atoms with van der Waals surface area (Å²) in [6.45, 7) is 1.97. The summed E-state index contributed by atoms with van der Waals surface area (Å²) in [6.07, 6.45) is 1.62. The van der Waals surface area contributed by atoms with Gasteiger partial charge in [0.25, 0.3) is 5.91 Å². The Kier molecular flexibility index (Phi) is 4.35. The van der Waals surface area contributed by atoms with Gasteiger partial charge >= 0.3 is 0 Å². The zero-order valence-electron chi connectivity index (χ0n) is 12.5. The molecule has 0 atom stereocenters. The maximum Gasteiger partial charge on any atom is 0.275 e. The molecule has 3 aromatic rings. The Morgan fingerprint density at radius 2 is 1.96 bits per heavy atom. The van der Waals surface area contributed by atoms with Gasteiger partial charge in [0.15, 0.2) is 0 Å². The van der Waals surface area contributed by atoms with Crippen LogP contribution >= 0.6 is 11.6 Å². The second-order valence-corrected chi connectivity index (χ2v) is 5.53. The van der Waals surface area contributed by atoms with E-state index in [1.54, 1.807) is 36.5 Å². The Balaban J connectivity index is 1.89. The van der Waals surface area contributed by atoms with Gasteiger partial charge in [-0.1, -0.05) is 23.7 Å². The van der Waals surface area contributed by atoms with Crippen molar-refractivity contribution in [2.75, 3.05) is 5.32 Å². The molecule has 1 N–H and O–H groups in total. The number of anilines is 1. The number of hydrogen-bond acceptors (Lipinski definition) is 3. The van der Waals surface area contributed by atoms with E-state index in [1.807, 2.05) is 31.2 Å². The number of pyridine rings is 2. The van der Waals surface area contributed by atoms with Crippen molar-refractivity contribution < 1.29 is 4.79 Å². The van der Waals surface area contributed by atoms with Crippen LogP contribution in [0.4, 0.5) is 5.82 Å². The number of amides is 1. The minimum Gasteiger partial charge on any atom is -0.305 e. The molecule has 114 valence electrons. The molecule has 3 rings (SSSR count). The number of benzene rings is 1. The molecular formula is C18H14ClN3O. The molecule has 2 heterocycles. The lowest BCUT2D eigenvalue weighted by Gasteiger charge is -2.07. The first-order chi connectivity index (χ1) is 11.1. The maximum absolute atomic E-state index is 12.3. The van der Waals surface area contributed by atoms with Gasteiger partial charge in [0.2, 0.25) is 0 Å². The molecule has 0 aliphatic rings. The highest BCUT2D eigenvalue weighted by atomic mass is 35.5. The normalized spacial score (nSPS) is 10.3. The summed E-state index contributed by atoms with van der Waals surface area (Å²) in [6, 6.07) is 16.3. The minimum absolute atomic E-state index is 0.302. The van der Waals surface area contributed by atoms with Crippen LogP contribution in [0.25, 0.3) is 11.3 Å². The predicted octanol–water partition coefficient (Wildman–Crippen LogP) is 4.36. The van der Waals surface area contributed by atoms with Crippen molar-refractivity contribution in [1.82, 2.24) is 9.97 Å². The Morgan fingerprint density at radius 3 is 2.70 bits per heavy atom. The smallest absolute Gasteiger partial charge is 0.275 e. The quantitative estimate of drug-likeness (QED) is 0.779. The lowest BCUT2D eigenvalue weighted by atomic mass is 10.1. The van der Waals surface area contributed by atoms with Gasteiger partial charge in [0.05, 0.1) is 5.69 Å². The molecular weight excluding hydrogens is 310 g/mol. The summed E-state index contributed by atoms with van der Waals surface area (Å²) in [5.74, 6) is 0.188. The van der Waals surface area contributed by atoms with Crippen LogP contribution in [0.2, 0.25) is 5.02 Å². The number of carbonyl (C=O) groups excluding carboxylic acids is 1. The van der Waals surface area contributed by atoms with Gasteiger partial charge in [-0.25, -0.2) is 9.97 Å². The Hall–Kier alpha value is -2.72. The van der Waals surface area contributed by atoms with Crippen molar-refractivity contribution in [2.45, 2.75) is 6.92 Å². The largest absolute Gasteiger partial charge is 0.305 e. The SMILES string of the molecule is Cc1cc(Cl)cc(-c2cccc(C(=O)Nc3ccccn3)n2)c1. The number of carbonyl (C=O) groups is 1. The Labute approximate surface area is 139 Å². The third kappa shape index (κ3) is 3.73. The third-order valence-electron chi connectivity index (χ3n) is 3.23. The summed E-state index contributed by atoms with van der Waals surface area (Å²) < 4.78 is 0. The van der Waals surface area contributed by atoms with Gasteiger partial charge in [-0.05, 0) is 55.0 Å². The fourth-order valence-corrected chi connectivity index (χ4v) is 2.51. The van der Waals surface area contributed by atoms with E-state index < -0.39 is 0 Å². The van der Waals surface area contributed by atoms with E-state index in [2.05, 4.69) is 15.3 Å². The molecule has 0 saturated heterocycles. The first-order valence-corrected chi connectivity index (χ1v) is 7.46. The summed E-state index contributed by atoms with van der Waals surface area (Å²) in [7, 11) is 0. The average Bonchev–Trinajstić information content (AvgIpc) is 2.55. The predicted molar refractivity (Wildman–Crippen MR) is 91.6 cm³/mol. The number of nitrogens with zero attached hydrogens (tertiary/aromatic N) is 2. The van der Waals surface area contributed by atoms with Crippen molar-refractivity contribution in [3.63, 3.8) is 0 Å². The van der Waals surface area contributed by atoms with Crippen LogP contribution < -0.4 is 5.32 Å². The van der Waals surface area contributed by atoms with Gasteiger partial charge in [-0.2, -0.15) is 0 Å². The second-order valence-electron chi connectivity index (χ2n) is 5.09. The molecule has 1 aromatic carbocycles. The molecule has 1 amide bonds. The third-order valence-corrected chi connectivity index (χ3v) is 3.44. The maximum atomic E-state index is 12.3. The summed E-state index contributed by atoms with van der Waals surface area (Å²) in [5, 5.41) is 3.36. The van der Waals surface area contributed by atoms with Crippen LogP contribution in [0.3, 0.4) is 0 Å². The van der Waals surface area contributed by atoms with E-state index in [9.17, 15) is 4.79 Å². The standard InChI is InChI=1S/C18H14ClN3O/c1-12-9-13(11-14(19)10-12)15-5-4-6-16(21-15)18(23)22-17-7-2-3-8-20-17/h2-11H,1H3,(H,20,22,23). The number of rotatable bonds is 3. The molecule has 0 fully saturated rings. The van der Waals surface area contributed by atoms with Crippen LogP contribution in [0.5, 0.6) is 0 Å². The molecule has 2 aromatic heterocycles. The van der Waals surface area contributed by atoms with Crippen LogP contribution in [0, 0.1) is 6.92 Å². The molecule has 5 heteroatoms. The number of aryl methyl sites for hydroxylation is 1. The molecule has 0 spiro atoms. The first kappa shape index (κ1) is 15.2. The van der Waals surface area contributed by atoms with Gasteiger partial charge in [-0.15, -0.1) is 0 Å². The fourth-order valence-electron chi connectivity index (χ4n) is 2.22. The number of aromatic nitrogens is 2. The van der Waals surface area contributed by atoms with Crippen molar-refractivity contribution in [1.29, 1.82) is 0 Å². The molecule has 0 unspecified atom stereocenters. The summed E-state index contributed by atoms with van der Waals surface area (Å²) >= 11 is 6.09. The van der Waals surface area contributed by atoms with Gasteiger partial charge in [-0.3, -0.25) is 4.79 Å². The Bertz CT molecular complexity index is 830. The molecule has 0 bridgehead atoms. The van der Waals surface area contributed by atoms with E-state index in [1.165, 1.54) is 0 Å². The highest BCUT2D eigenvalue weighted by Gasteiger charge is 2.10. The van der Waals surface area contributed by atoms with Gasteiger partial charge in [0, 0.05) is 16.8 Å². The van der Waals surface area contributed by atoms with E-state index >= 15 is 0 Å². The molecule has 0 saturated carbocycles. The van der Waals surface area contributed by atoms with Crippen LogP contribution in [0.1, 0.15) is 16.1 Å². The van der Waals surface area contributed by atoms with E-state index in [0.717, 1.165) is 11.1 Å². The van der Waals surface area contributed by atoms with Gasteiger partial charge < -0.3 is 5.32 Å². The number of halogens is 1. The average molecular weight is 324 g/mol. The van der Waals surface area contributed by atoms with Crippen molar-refractivity contribution >= 4 is 23.3 Å². The zero-order chi connectivity index (χ0) is 16.2. The minimum atomic E-state index is -0.302. The molecule has 23 heavy (non-hydrogen) atoms. The molecule has 0 radical (unpaired) electrons. The monoisotopic (exact) mass is 323 g/mol. The molecule has 4 nitrogen and oxygen atoms in total. The first-order valence-electron chi connectivity index (χ1n) is 7.09.